The van der Waals surface area contributed by atoms with Crippen LogP contribution in [0.15, 0.2) is 48.5 Å². The molecule has 5 heteroatoms. The van der Waals surface area contributed by atoms with E-state index in [1.807, 2.05) is 54.3 Å². The second-order valence-corrected chi connectivity index (χ2v) is 6.40. The van der Waals surface area contributed by atoms with Gasteiger partial charge in [-0.15, -0.1) is 0 Å². The average molecular weight is 339 g/mol. The van der Waals surface area contributed by atoms with E-state index in [9.17, 15) is 4.79 Å². The third-order valence-electron chi connectivity index (χ3n) is 4.71. The highest BCUT2D eigenvalue weighted by Gasteiger charge is 2.26. The first-order chi connectivity index (χ1) is 12.1. The lowest BCUT2D eigenvalue weighted by Gasteiger charge is -2.37. The van der Waals surface area contributed by atoms with Crippen molar-refractivity contribution in [3.63, 3.8) is 0 Å². The highest BCUT2D eigenvalue weighted by molar-refractivity contribution is 5.83. The number of amides is 1. The lowest BCUT2D eigenvalue weighted by molar-refractivity contribution is -0.133. The van der Waals surface area contributed by atoms with Gasteiger partial charge in [-0.05, 0) is 24.6 Å². The van der Waals surface area contributed by atoms with Gasteiger partial charge in [0.05, 0.1) is 7.11 Å². The number of ether oxygens (including phenoxy) is 1. The molecule has 0 radical (unpaired) electrons. The Morgan fingerprint density at radius 3 is 2.40 bits per heavy atom. The van der Waals surface area contributed by atoms with Gasteiger partial charge in [0.1, 0.15) is 11.8 Å². The first-order valence-electron chi connectivity index (χ1n) is 8.58. The number of piperazine rings is 1. The van der Waals surface area contributed by atoms with Crippen LogP contribution in [-0.4, -0.2) is 44.1 Å². The molecule has 3 rings (SSSR count). The van der Waals surface area contributed by atoms with Crippen LogP contribution in [0.1, 0.15) is 17.2 Å². The maximum atomic E-state index is 12.7. The number of carbonyl (C=O) groups excluding carboxylic acids is 1. The first-order valence-corrected chi connectivity index (χ1v) is 8.58. The van der Waals surface area contributed by atoms with Crippen LogP contribution in [0.4, 0.5) is 5.69 Å². The summed E-state index contributed by atoms with van der Waals surface area (Å²) < 4.78 is 5.29. The van der Waals surface area contributed by atoms with Gasteiger partial charge >= 0.3 is 0 Å². The molecule has 1 fully saturated rings. The monoisotopic (exact) mass is 339 g/mol. The molecule has 1 amide bonds. The Balaban J connectivity index is 1.61. The zero-order valence-electron chi connectivity index (χ0n) is 14.8. The van der Waals surface area contributed by atoms with Crippen molar-refractivity contribution in [2.75, 3.05) is 38.2 Å². The molecular formula is C20H25N3O2. The molecule has 25 heavy (non-hydrogen) atoms. The van der Waals surface area contributed by atoms with Gasteiger partial charge in [-0.2, -0.15) is 0 Å². The normalized spacial score (nSPS) is 15.8. The van der Waals surface area contributed by atoms with Crippen molar-refractivity contribution in [1.29, 1.82) is 0 Å². The zero-order chi connectivity index (χ0) is 17.8. The van der Waals surface area contributed by atoms with Crippen molar-refractivity contribution in [3.8, 4) is 5.75 Å². The lowest BCUT2D eigenvalue weighted by atomic mass is 10.0. The number of hydrogen-bond donors (Lipinski definition) is 1. The van der Waals surface area contributed by atoms with Gasteiger partial charge < -0.3 is 20.3 Å². The van der Waals surface area contributed by atoms with Crippen LogP contribution >= 0.6 is 0 Å². The second kappa shape index (κ2) is 7.57. The highest BCUT2D eigenvalue weighted by Crippen LogP contribution is 2.23. The van der Waals surface area contributed by atoms with E-state index in [-0.39, 0.29) is 5.91 Å². The molecule has 1 atom stereocenters. The van der Waals surface area contributed by atoms with Gasteiger partial charge in [-0.1, -0.05) is 35.9 Å². The molecule has 1 unspecified atom stereocenters. The summed E-state index contributed by atoms with van der Waals surface area (Å²) >= 11 is 0. The van der Waals surface area contributed by atoms with E-state index in [1.54, 1.807) is 7.11 Å². The Labute approximate surface area is 149 Å². The van der Waals surface area contributed by atoms with Crippen molar-refractivity contribution < 1.29 is 9.53 Å². The van der Waals surface area contributed by atoms with Gasteiger partial charge in [0.15, 0.2) is 0 Å². The van der Waals surface area contributed by atoms with Crippen molar-refractivity contribution in [2.45, 2.75) is 13.0 Å². The predicted octanol–water partition coefficient (Wildman–Crippen LogP) is 2.35. The minimum atomic E-state index is -0.594. The largest absolute Gasteiger partial charge is 0.497 e. The first kappa shape index (κ1) is 17.3. The second-order valence-electron chi connectivity index (χ2n) is 6.40. The summed E-state index contributed by atoms with van der Waals surface area (Å²) in [6.45, 7) is 4.96. The zero-order valence-corrected chi connectivity index (χ0v) is 14.8. The highest BCUT2D eigenvalue weighted by atomic mass is 16.5. The van der Waals surface area contributed by atoms with Gasteiger partial charge in [0.2, 0.25) is 5.91 Å². The van der Waals surface area contributed by atoms with Crippen molar-refractivity contribution in [1.82, 2.24) is 4.90 Å². The van der Waals surface area contributed by atoms with E-state index in [0.717, 1.165) is 35.7 Å². The number of nitrogens with zero attached hydrogens (tertiary/aromatic N) is 2. The molecule has 0 bridgehead atoms. The quantitative estimate of drug-likeness (QED) is 0.929. The topological polar surface area (TPSA) is 58.8 Å². The summed E-state index contributed by atoms with van der Waals surface area (Å²) in [7, 11) is 1.67. The number of benzene rings is 2. The SMILES string of the molecule is COc1cccc(N2CCN(C(=O)C(N)c3ccc(C)cc3)CC2)c1. The van der Waals surface area contributed by atoms with Gasteiger partial charge in [-0.25, -0.2) is 0 Å². The molecule has 1 heterocycles. The number of methoxy groups -OCH3 is 1. The standard InChI is InChI=1S/C20H25N3O2/c1-15-6-8-16(9-7-15)19(21)20(24)23-12-10-22(11-13-23)17-4-3-5-18(14-17)25-2/h3-9,14,19H,10-13,21H2,1-2H3. The Hall–Kier alpha value is -2.53. The molecule has 2 N–H and O–H groups in total. The van der Waals surface area contributed by atoms with Gasteiger partial charge in [0.25, 0.3) is 0 Å². The molecule has 1 saturated heterocycles. The number of nitrogens with two attached hydrogens (primary N) is 1. The van der Waals surface area contributed by atoms with Crippen LogP contribution in [0, 0.1) is 6.92 Å². The van der Waals surface area contributed by atoms with Crippen LogP contribution in [0.2, 0.25) is 0 Å². The molecule has 0 aliphatic carbocycles. The molecule has 2 aromatic carbocycles. The molecule has 0 saturated carbocycles. The average Bonchev–Trinajstić information content (AvgIpc) is 2.67. The van der Waals surface area contributed by atoms with Crippen LogP contribution in [0.3, 0.4) is 0 Å². The summed E-state index contributed by atoms with van der Waals surface area (Å²) in [6, 6.07) is 15.3. The number of rotatable bonds is 4. The fourth-order valence-corrected chi connectivity index (χ4v) is 3.11. The Morgan fingerprint density at radius 1 is 1.08 bits per heavy atom. The molecule has 1 aliphatic rings. The summed E-state index contributed by atoms with van der Waals surface area (Å²) in [5.74, 6) is 0.839. The minimum absolute atomic E-state index is 0.00542. The molecule has 5 nitrogen and oxygen atoms in total. The van der Waals surface area contributed by atoms with Crippen molar-refractivity contribution in [2.24, 2.45) is 5.73 Å². The summed E-state index contributed by atoms with van der Waals surface area (Å²) in [4.78, 5) is 16.8. The van der Waals surface area contributed by atoms with E-state index < -0.39 is 6.04 Å². The molecule has 1 aliphatic heterocycles. The Bertz CT molecular complexity index is 722. The number of carbonyl (C=O) groups is 1. The predicted molar refractivity (Wildman–Crippen MR) is 99.9 cm³/mol. The number of hydrogen-bond acceptors (Lipinski definition) is 4. The maximum absolute atomic E-state index is 12.7. The summed E-state index contributed by atoms with van der Waals surface area (Å²) in [6.07, 6.45) is 0. The molecule has 132 valence electrons. The van der Waals surface area contributed by atoms with Crippen LogP contribution in [-0.2, 0) is 4.79 Å². The smallest absolute Gasteiger partial charge is 0.244 e. The fraction of sp³-hybridized carbons (Fsp3) is 0.350. The van der Waals surface area contributed by atoms with Crippen LogP contribution in [0.25, 0.3) is 0 Å². The van der Waals surface area contributed by atoms with E-state index >= 15 is 0 Å². The van der Waals surface area contributed by atoms with E-state index in [1.165, 1.54) is 0 Å². The fourth-order valence-electron chi connectivity index (χ4n) is 3.11. The third kappa shape index (κ3) is 3.94. The van der Waals surface area contributed by atoms with E-state index in [2.05, 4.69) is 11.0 Å². The molecule has 2 aromatic rings. The minimum Gasteiger partial charge on any atom is -0.497 e. The Morgan fingerprint density at radius 2 is 1.76 bits per heavy atom. The summed E-state index contributed by atoms with van der Waals surface area (Å²) in [5.41, 5.74) is 9.33. The number of aryl methyl sites for hydroxylation is 1. The van der Waals surface area contributed by atoms with Gasteiger partial charge in [-0.3, -0.25) is 4.79 Å². The Kier molecular flexibility index (Phi) is 5.24. The lowest BCUT2D eigenvalue weighted by Crippen LogP contribution is -2.51. The van der Waals surface area contributed by atoms with Gasteiger partial charge in [0, 0.05) is 37.9 Å². The molecule has 0 aromatic heterocycles. The van der Waals surface area contributed by atoms with Crippen LogP contribution in [0.5, 0.6) is 5.75 Å². The number of anilines is 1. The summed E-state index contributed by atoms with van der Waals surface area (Å²) in [5, 5.41) is 0. The third-order valence-corrected chi connectivity index (χ3v) is 4.71. The molecular weight excluding hydrogens is 314 g/mol. The van der Waals surface area contributed by atoms with Crippen molar-refractivity contribution >= 4 is 11.6 Å². The van der Waals surface area contributed by atoms with Crippen LogP contribution < -0.4 is 15.4 Å². The maximum Gasteiger partial charge on any atom is 0.244 e. The van der Waals surface area contributed by atoms with Crippen molar-refractivity contribution in [3.05, 3.63) is 59.7 Å². The van der Waals surface area contributed by atoms with E-state index in [0.29, 0.717) is 13.1 Å². The van der Waals surface area contributed by atoms with E-state index in [4.69, 9.17) is 10.5 Å². The molecule has 0 spiro atoms.